The molecule has 0 aromatic heterocycles. The van der Waals surface area contributed by atoms with E-state index in [4.69, 9.17) is 4.74 Å². The fraction of sp³-hybridized carbons (Fsp3) is 0.379. The van der Waals surface area contributed by atoms with Gasteiger partial charge in [-0.2, -0.15) is 0 Å². The second-order valence-corrected chi connectivity index (χ2v) is 9.21. The Balaban J connectivity index is 1.94. The van der Waals surface area contributed by atoms with E-state index < -0.39 is 0 Å². The molecule has 0 radical (unpaired) electrons. The van der Waals surface area contributed by atoms with E-state index in [-0.39, 0.29) is 17.3 Å². The van der Waals surface area contributed by atoms with Gasteiger partial charge in [0.15, 0.2) is 0 Å². The van der Waals surface area contributed by atoms with Crippen molar-refractivity contribution < 1.29 is 14.3 Å². The van der Waals surface area contributed by atoms with Gasteiger partial charge in [0.25, 0.3) is 0 Å². The number of amides is 1. The Morgan fingerprint density at radius 1 is 1.09 bits per heavy atom. The molecule has 0 bridgehead atoms. The molecule has 1 aliphatic carbocycles. The van der Waals surface area contributed by atoms with Gasteiger partial charge in [-0.05, 0) is 87.8 Å². The summed E-state index contributed by atoms with van der Waals surface area (Å²) in [7, 11) is 0. The Hall–Kier alpha value is -3.14. The first kappa shape index (κ1) is 26.1. The van der Waals surface area contributed by atoms with Crippen LogP contribution in [-0.4, -0.2) is 18.5 Å². The molecule has 1 amide bonds. The van der Waals surface area contributed by atoms with E-state index in [1.165, 1.54) is 30.4 Å². The second-order valence-electron chi connectivity index (χ2n) is 9.21. The molecule has 4 heteroatoms. The number of anilines is 1. The van der Waals surface area contributed by atoms with Crippen LogP contribution in [0.2, 0.25) is 0 Å². The Kier molecular flexibility index (Phi) is 9.65. The number of carbonyl (C=O) groups is 2. The Labute approximate surface area is 198 Å². The van der Waals surface area contributed by atoms with Crippen molar-refractivity contribution in [1.82, 2.24) is 0 Å². The first-order valence-corrected chi connectivity index (χ1v) is 11.6. The maximum absolute atomic E-state index is 12.3. The van der Waals surface area contributed by atoms with E-state index >= 15 is 0 Å². The van der Waals surface area contributed by atoms with Crippen molar-refractivity contribution in [3.8, 4) is 0 Å². The lowest BCUT2D eigenvalue weighted by atomic mass is 9.72. The van der Waals surface area contributed by atoms with Crippen LogP contribution >= 0.6 is 0 Å². The number of hydrogen-bond acceptors (Lipinski definition) is 3. The van der Waals surface area contributed by atoms with Gasteiger partial charge in [-0.25, -0.2) is 4.79 Å². The summed E-state index contributed by atoms with van der Waals surface area (Å²) in [6, 6.07) is 6.65. The van der Waals surface area contributed by atoms with Gasteiger partial charge in [0.1, 0.15) is 0 Å². The highest BCUT2D eigenvalue weighted by molar-refractivity contribution is 6.00. The van der Waals surface area contributed by atoms with Gasteiger partial charge in [-0.1, -0.05) is 55.4 Å². The SMILES string of the molecule is CCOC(=O)c1ccc(NC(=O)\C=C(C)/C=C/C=C(C)/C=C/C2=C(C)CCCC2(C)C)cc1. The smallest absolute Gasteiger partial charge is 0.338 e. The molecule has 4 nitrogen and oxygen atoms in total. The fourth-order valence-electron chi connectivity index (χ4n) is 3.97. The summed E-state index contributed by atoms with van der Waals surface area (Å²) < 4.78 is 4.96. The molecule has 33 heavy (non-hydrogen) atoms. The normalized spacial score (nSPS) is 17.0. The maximum Gasteiger partial charge on any atom is 0.338 e. The molecule has 2 rings (SSSR count). The molecule has 0 unspecified atom stereocenters. The van der Waals surface area contributed by atoms with Crippen LogP contribution in [-0.2, 0) is 9.53 Å². The van der Waals surface area contributed by atoms with Crippen LogP contribution in [0, 0.1) is 5.41 Å². The van der Waals surface area contributed by atoms with Crippen LogP contribution in [0.15, 0.2) is 83.0 Å². The Morgan fingerprint density at radius 3 is 2.42 bits per heavy atom. The van der Waals surface area contributed by atoms with Gasteiger partial charge in [0, 0.05) is 11.8 Å². The number of benzene rings is 1. The lowest BCUT2D eigenvalue weighted by molar-refractivity contribution is -0.111. The van der Waals surface area contributed by atoms with E-state index in [0.29, 0.717) is 17.9 Å². The Morgan fingerprint density at radius 2 is 1.79 bits per heavy atom. The fourth-order valence-corrected chi connectivity index (χ4v) is 3.97. The Bertz CT molecular complexity index is 1000. The molecule has 1 aromatic carbocycles. The number of rotatable bonds is 8. The van der Waals surface area contributed by atoms with Crippen molar-refractivity contribution in [3.63, 3.8) is 0 Å². The van der Waals surface area contributed by atoms with Gasteiger partial charge >= 0.3 is 5.97 Å². The highest BCUT2D eigenvalue weighted by Gasteiger charge is 2.26. The van der Waals surface area contributed by atoms with Crippen LogP contribution in [0.3, 0.4) is 0 Å². The van der Waals surface area contributed by atoms with Crippen molar-refractivity contribution in [1.29, 1.82) is 0 Å². The van der Waals surface area contributed by atoms with E-state index in [1.54, 1.807) is 37.3 Å². The molecule has 0 fully saturated rings. The summed E-state index contributed by atoms with van der Waals surface area (Å²) in [6.07, 6.45) is 15.6. The number of nitrogens with one attached hydrogen (secondary N) is 1. The van der Waals surface area contributed by atoms with Crippen LogP contribution < -0.4 is 5.32 Å². The minimum Gasteiger partial charge on any atom is -0.462 e. The molecule has 0 heterocycles. The zero-order valence-corrected chi connectivity index (χ0v) is 20.8. The molecule has 1 aromatic rings. The molecule has 176 valence electrons. The highest BCUT2D eigenvalue weighted by Crippen LogP contribution is 2.40. The second kappa shape index (κ2) is 12.2. The number of hydrogen-bond donors (Lipinski definition) is 1. The molecule has 1 N–H and O–H groups in total. The molecular weight excluding hydrogens is 410 g/mol. The van der Waals surface area contributed by atoms with Gasteiger partial charge in [0.2, 0.25) is 5.91 Å². The zero-order valence-electron chi connectivity index (χ0n) is 20.8. The number of allylic oxidation sites excluding steroid dienone is 9. The quantitative estimate of drug-likeness (QED) is 0.258. The summed E-state index contributed by atoms with van der Waals surface area (Å²) in [6.45, 7) is 12.9. The van der Waals surface area contributed by atoms with Crippen LogP contribution in [0.5, 0.6) is 0 Å². The van der Waals surface area contributed by atoms with Crippen molar-refractivity contribution in [3.05, 3.63) is 88.6 Å². The topological polar surface area (TPSA) is 55.4 Å². The number of carbonyl (C=O) groups excluding carboxylic acids is 2. The van der Waals surface area contributed by atoms with Gasteiger partial charge in [-0.15, -0.1) is 0 Å². The molecule has 0 saturated heterocycles. The van der Waals surface area contributed by atoms with E-state index in [9.17, 15) is 9.59 Å². The van der Waals surface area contributed by atoms with Crippen molar-refractivity contribution in [2.45, 2.75) is 60.8 Å². The van der Waals surface area contributed by atoms with Crippen LogP contribution in [0.1, 0.15) is 71.2 Å². The summed E-state index contributed by atoms with van der Waals surface area (Å²) in [4.78, 5) is 24.0. The third kappa shape index (κ3) is 8.38. The van der Waals surface area contributed by atoms with E-state index in [2.05, 4.69) is 45.2 Å². The molecular formula is C29H37NO3. The van der Waals surface area contributed by atoms with E-state index in [1.807, 2.05) is 25.2 Å². The minimum atomic E-state index is -0.372. The highest BCUT2D eigenvalue weighted by atomic mass is 16.5. The lowest BCUT2D eigenvalue weighted by Gasteiger charge is -2.32. The monoisotopic (exact) mass is 447 g/mol. The molecule has 0 aliphatic heterocycles. The standard InChI is InChI=1S/C29H37NO3/c1-7-33-28(32)24-14-16-25(17-15-24)30-27(31)20-22(3)11-8-10-21(2)13-18-26-23(4)12-9-19-29(26,5)6/h8,10-11,13-18,20H,7,9,12,19H2,1-6H3,(H,30,31)/b11-8+,18-13+,21-10+,22-20-. The van der Waals surface area contributed by atoms with Crippen LogP contribution in [0.25, 0.3) is 0 Å². The first-order chi connectivity index (χ1) is 15.6. The first-order valence-electron chi connectivity index (χ1n) is 11.6. The predicted octanol–water partition coefficient (Wildman–Crippen LogP) is 7.33. The average molecular weight is 448 g/mol. The largest absolute Gasteiger partial charge is 0.462 e. The summed E-state index contributed by atoms with van der Waals surface area (Å²) in [5.41, 5.74) is 6.26. The molecule has 0 atom stereocenters. The minimum absolute atomic E-state index is 0.219. The van der Waals surface area contributed by atoms with Gasteiger partial charge in [-0.3, -0.25) is 4.79 Å². The lowest BCUT2D eigenvalue weighted by Crippen LogP contribution is -2.19. The van der Waals surface area contributed by atoms with Crippen LogP contribution in [0.4, 0.5) is 5.69 Å². The van der Waals surface area contributed by atoms with Crippen molar-refractivity contribution in [2.75, 3.05) is 11.9 Å². The maximum atomic E-state index is 12.3. The molecule has 0 spiro atoms. The summed E-state index contributed by atoms with van der Waals surface area (Å²) in [5.74, 6) is -0.590. The third-order valence-corrected chi connectivity index (χ3v) is 5.80. The van der Waals surface area contributed by atoms with Crippen molar-refractivity contribution >= 4 is 17.6 Å². The third-order valence-electron chi connectivity index (χ3n) is 5.80. The number of ether oxygens (including phenoxy) is 1. The summed E-state index contributed by atoms with van der Waals surface area (Å²) in [5, 5.41) is 2.81. The number of esters is 1. The van der Waals surface area contributed by atoms with Gasteiger partial charge < -0.3 is 10.1 Å². The summed E-state index contributed by atoms with van der Waals surface area (Å²) >= 11 is 0. The predicted molar refractivity (Wildman–Crippen MR) is 137 cm³/mol. The average Bonchev–Trinajstić information content (AvgIpc) is 2.73. The van der Waals surface area contributed by atoms with Gasteiger partial charge in [0.05, 0.1) is 12.2 Å². The molecule has 0 saturated carbocycles. The molecule has 1 aliphatic rings. The van der Waals surface area contributed by atoms with Crippen molar-refractivity contribution in [2.24, 2.45) is 5.41 Å². The van der Waals surface area contributed by atoms with E-state index in [0.717, 1.165) is 11.1 Å². The zero-order chi connectivity index (χ0) is 24.4.